The SMILES string of the molecule is CC[C@@H](C)NC(=O)Cn1nc(S(=O)(=O)c2cccc(F)c2)ccc1=O. The Kier molecular flexibility index (Phi) is 5.68. The Bertz CT molecular complexity index is 940. The first-order chi connectivity index (χ1) is 11.7. The lowest BCUT2D eigenvalue weighted by molar-refractivity contribution is -0.122. The van der Waals surface area contributed by atoms with Gasteiger partial charge in [-0.15, -0.1) is 0 Å². The summed E-state index contributed by atoms with van der Waals surface area (Å²) >= 11 is 0. The molecule has 1 heterocycles. The van der Waals surface area contributed by atoms with E-state index in [0.29, 0.717) is 6.42 Å². The number of carbonyl (C=O) groups is 1. The highest BCUT2D eigenvalue weighted by atomic mass is 32.2. The second kappa shape index (κ2) is 7.56. The minimum atomic E-state index is -4.11. The molecule has 134 valence electrons. The molecule has 0 bridgehead atoms. The van der Waals surface area contributed by atoms with Crippen molar-refractivity contribution >= 4 is 15.7 Å². The molecule has 0 aliphatic carbocycles. The van der Waals surface area contributed by atoms with Crippen LogP contribution in [0.4, 0.5) is 4.39 Å². The van der Waals surface area contributed by atoms with E-state index in [4.69, 9.17) is 0 Å². The van der Waals surface area contributed by atoms with E-state index in [1.54, 1.807) is 6.92 Å². The van der Waals surface area contributed by atoms with Crippen molar-refractivity contribution < 1.29 is 17.6 Å². The third kappa shape index (κ3) is 4.50. The van der Waals surface area contributed by atoms with E-state index in [-0.39, 0.29) is 10.9 Å². The topological polar surface area (TPSA) is 98.1 Å². The first-order valence-electron chi connectivity index (χ1n) is 7.62. The number of benzene rings is 1. The molecule has 1 aromatic carbocycles. The fraction of sp³-hybridized carbons (Fsp3) is 0.312. The van der Waals surface area contributed by atoms with Gasteiger partial charge >= 0.3 is 0 Å². The van der Waals surface area contributed by atoms with Crippen LogP contribution in [-0.4, -0.2) is 30.1 Å². The van der Waals surface area contributed by atoms with Crippen molar-refractivity contribution in [1.29, 1.82) is 0 Å². The van der Waals surface area contributed by atoms with Crippen LogP contribution in [0.25, 0.3) is 0 Å². The maximum Gasteiger partial charge on any atom is 0.267 e. The summed E-state index contributed by atoms with van der Waals surface area (Å²) in [5, 5.41) is 5.98. The van der Waals surface area contributed by atoms with Crippen LogP contribution in [0.15, 0.2) is 51.1 Å². The van der Waals surface area contributed by atoms with Crippen molar-refractivity contribution in [3.63, 3.8) is 0 Å². The van der Waals surface area contributed by atoms with Gasteiger partial charge in [-0.25, -0.2) is 17.5 Å². The zero-order chi connectivity index (χ0) is 18.6. The predicted octanol–water partition coefficient (Wildman–Crippen LogP) is 1.13. The van der Waals surface area contributed by atoms with E-state index in [9.17, 15) is 22.4 Å². The zero-order valence-corrected chi connectivity index (χ0v) is 14.6. The number of nitrogens with zero attached hydrogens (tertiary/aromatic N) is 2. The number of rotatable bonds is 6. The molecule has 0 radical (unpaired) electrons. The van der Waals surface area contributed by atoms with Crippen LogP contribution >= 0.6 is 0 Å². The maximum atomic E-state index is 13.3. The minimum Gasteiger partial charge on any atom is -0.352 e. The van der Waals surface area contributed by atoms with Gasteiger partial charge in [-0.3, -0.25) is 9.59 Å². The Morgan fingerprint density at radius 3 is 2.68 bits per heavy atom. The molecule has 2 aromatic rings. The molecule has 1 aromatic heterocycles. The fourth-order valence-electron chi connectivity index (χ4n) is 2.00. The lowest BCUT2D eigenvalue weighted by Crippen LogP contribution is -2.38. The molecule has 7 nitrogen and oxygen atoms in total. The third-order valence-electron chi connectivity index (χ3n) is 3.54. The van der Waals surface area contributed by atoms with Gasteiger partial charge in [0, 0.05) is 12.1 Å². The monoisotopic (exact) mass is 367 g/mol. The number of aromatic nitrogens is 2. The smallest absolute Gasteiger partial charge is 0.267 e. The molecule has 0 saturated heterocycles. The molecule has 1 amide bonds. The summed E-state index contributed by atoms with van der Waals surface area (Å²) in [6.45, 7) is 3.29. The average molecular weight is 367 g/mol. The molecule has 2 rings (SSSR count). The number of sulfone groups is 1. The summed E-state index contributed by atoms with van der Waals surface area (Å²) in [7, 11) is -4.11. The maximum absolute atomic E-state index is 13.3. The lowest BCUT2D eigenvalue weighted by Gasteiger charge is -2.12. The highest BCUT2D eigenvalue weighted by molar-refractivity contribution is 7.91. The number of amides is 1. The number of hydrogen-bond donors (Lipinski definition) is 1. The quantitative estimate of drug-likeness (QED) is 0.825. The first-order valence-corrected chi connectivity index (χ1v) is 9.10. The second-order valence-corrected chi connectivity index (χ2v) is 7.40. The summed E-state index contributed by atoms with van der Waals surface area (Å²) in [5.74, 6) is -1.16. The molecule has 9 heteroatoms. The Hall–Kier alpha value is -2.55. The molecule has 0 saturated carbocycles. The van der Waals surface area contributed by atoms with Gasteiger partial charge < -0.3 is 5.32 Å². The van der Waals surface area contributed by atoms with Crippen LogP contribution < -0.4 is 10.9 Å². The lowest BCUT2D eigenvalue weighted by atomic mass is 10.2. The van der Waals surface area contributed by atoms with E-state index < -0.39 is 38.7 Å². The zero-order valence-electron chi connectivity index (χ0n) is 13.8. The molecule has 0 aliphatic heterocycles. The van der Waals surface area contributed by atoms with Crippen molar-refractivity contribution in [1.82, 2.24) is 15.1 Å². The predicted molar refractivity (Wildman–Crippen MR) is 88.2 cm³/mol. The van der Waals surface area contributed by atoms with Crippen molar-refractivity contribution in [2.45, 2.75) is 42.8 Å². The highest BCUT2D eigenvalue weighted by Gasteiger charge is 2.21. The molecule has 25 heavy (non-hydrogen) atoms. The molecule has 0 fully saturated rings. The Balaban J connectivity index is 2.35. The summed E-state index contributed by atoms with van der Waals surface area (Å²) in [5.41, 5.74) is -0.613. The Morgan fingerprint density at radius 2 is 2.04 bits per heavy atom. The van der Waals surface area contributed by atoms with E-state index in [1.807, 2.05) is 6.92 Å². The van der Waals surface area contributed by atoms with Gasteiger partial charge in [0.15, 0.2) is 5.03 Å². The van der Waals surface area contributed by atoms with Gasteiger partial charge in [-0.2, -0.15) is 5.10 Å². The summed E-state index contributed by atoms with van der Waals surface area (Å²) in [6, 6.07) is 6.43. The first kappa shape index (κ1) is 18.8. The van der Waals surface area contributed by atoms with Crippen molar-refractivity contribution in [2.24, 2.45) is 0 Å². The molecule has 0 unspecified atom stereocenters. The Labute approximate surface area is 144 Å². The van der Waals surface area contributed by atoms with Gasteiger partial charge in [0.25, 0.3) is 5.56 Å². The van der Waals surface area contributed by atoms with E-state index in [1.165, 1.54) is 12.1 Å². The summed E-state index contributed by atoms with van der Waals surface area (Å²) in [6.07, 6.45) is 0.710. The standard InChI is InChI=1S/C16H18FN3O4S/c1-3-11(2)18-14(21)10-20-16(22)8-7-15(19-20)25(23,24)13-6-4-5-12(17)9-13/h4-9,11H,3,10H2,1-2H3,(H,18,21)/t11-/m1/s1. The van der Waals surface area contributed by atoms with E-state index >= 15 is 0 Å². The number of hydrogen-bond acceptors (Lipinski definition) is 5. The number of nitrogens with one attached hydrogen (secondary N) is 1. The highest BCUT2D eigenvalue weighted by Crippen LogP contribution is 2.18. The van der Waals surface area contributed by atoms with Crippen LogP contribution in [0.3, 0.4) is 0 Å². The van der Waals surface area contributed by atoms with Crippen LogP contribution in [0.2, 0.25) is 0 Å². The Morgan fingerprint density at radius 1 is 1.32 bits per heavy atom. The van der Waals surface area contributed by atoms with E-state index in [2.05, 4.69) is 10.4 Å². The molecule has 0 aliphatic rings. The van der Waals surface area contributed by atoms with Crippen molar-refractivity contribution in [3.8, 4) is 0 Å². The van der Waals surface area contributed by atoms with Crippen LogP contribution in [0, 0.1) is 5.82 Å². The van der Waals surface area contributed by atoms with Gasteiger partial charge in [0.2, 0.25) is 15.7 Å². The van der Waals surface area contributed by atoms with Gasteiger partial charge in [0.05, 0.1) is 4.90 Å². The number of halogens is 1. The third-order valence-corrected chi connectivity index (χ3v) is 5.18. The normalized spacial score (nSPS) is 12.6. The molecule has 1 atom stereocenters. The minimum absolute atomic E-state index is 0.0811. The largest absolute Gasteiger partial charge is 0.352 e. The summed E-state index contributed by atoms with van der Waals surface area (Å²) in [4.78, 5) is 23.5. The molecular formula is C16H18FN3O4S. The van der Waals surface area contributed by atoms with E-state index in [0.717, 1.165) is 28.9 Å². The van der Waals surface area contributed by atoms with Gasteiger partial charge in [-0.05, 0) is 37.6 Å². The van der Waals surface area contributed by atoms with Crippen LogP contribution in [-0.2, 0) is 21.2 Å². The fourth-order valence-corrected chi connectivity index (χ4v) is 3.22. The molecule has 1 N–H and O–H groups in total. The average Bonchev–Trinajstić information content (AvgIpc) is 2.56. The molecular weight excluding hydrogens is 349 g/mol. The molecule has 0 spiro atoms. The van der Waals surface area contributed by atoms with Gasteiger partial charge in [0.1, 0.15) is 12.4 Å². The van der Waals surface area contributed by atoms with Crippen molar-refractivity contribution in [3.05, 3.63) is 52.6 Å². The van der Waals surface area contributed by atoms with Crippen LogP contribution in [0.5, 0.6) is 0 Å². The number of carbonyl (C=O) groups excluding carboxylic acids is 1. The van der Waals surface area contributed by atoms with Crippen molar-refractivity contribution in [2.75, 3.05) is 0 Å². The second-order valence-electron chi connectivity index (χ2n) is 5.51. The summed E-state index contributed by atoms with van der Waals surface area (Å²) < 4.78 is 39.1. The van der Waals surface area contributed by atoms with Crippen LogP contribution in [0.1, 0.15) is 20.3 Å². The van der Waals surface area contributed by atoms with Gasteiger partial charge in [-0.1, -0.05) is 13.0 Å².